The summed E-state index contributed by atoms with van der Waals surface area (Å²) in [7, 11) is 2.88. The molecule has 1 N–H and O–H groups in total. The number of barbiturate groups is 1. The first-order valence-electron chi connectivity index (χ1n) is 7.94. The van der Waals surface area contributed by atoms with Gasteiger partial charge < -0.3 is 9.47 Å². The Morgan fingerprint density at radius 1 is 1.00 bits per heavy atom. The minimum Gasteiger partial charge on any atom is -0.493 e. The van der Waals surface area contributed by atoms with E-state index in [0.29, 0.717) is 22.1 Å². The van der Waals surface area contributed by atoms with Crippen LogP contribution in [-0.2, 0) is 9.59 Å². The van der Waals surface area contributed by atoms with Crippen LogP contribution in [0.3, 0.4) is 0 Å². The van der Waals surface area contributed by atoms with Crippen molar-refractivity contribution in [2.75, 3.05) is 19.1 Å². The van der Waals surface area contributed by atoms with Crippen molar-refractivity contribution in [2.24, 2.45) is 0 Å². The molecule has 1 aliphatic rings. The summed E-state index contributed by atoms with van der Waals surface area (Å²) in [6.07, 6.45) is 1.32. The average Bonchev–Trinajstić information content (AvgIpc) is 2.66. The maximum atomic E-state index is 12.9. The molecule has 1 aliphatic heterocycles. The lowest BCUT2D eigenvalue weighted by molar-refractivity contribution is -0.122. The summed E-state index contributed by atoms with van der Waals surface area (Å²) in [6, 6.07) is 8.29. The van der Waals surface area contributed by atoms with E-state index in [2.05, 4.69) is 5.32 Å². The molecule has 7 nitrogen and oxygen atoms in total. The molecule has 4 amide bonds. The Bertz CT molecular complexity index is 1000. The number of halogens is 2. The molecule has 0 atom stereocenters. The summed E-state index contributed by atoms with van der Waals surface area (Å²) < 4.78 is 10.4. The fourth-order valence-electron chi connectivity index (χ4n) is 2.67. The Kier molecular flexibility index (Phi) is 5.58. The van der Waals surface area contributed by atoms with E-state index in [-0.39, 0.29) is 16.3 Å². The molecule has 0 aromatic heterocycles. The van der Waals surface area contributed by atoms with Crippen molar-refractivity contribution in [3.05, 3.63) is 57.6 Å². The molecule has 144 valence electrons. The van der Waals surface area contributed by atoms with Gasteiger partial charge >= 0.3 is 6.03 Å². The first kappa shape index (κ1) is 19.7. The molecular formula is C19H14Cl2N2O5. The third-order valence-corrected chi connectivity index (χ3v) is 4.49. The number of carbonyl (C=O) groups excluding carboxylic acids is 3. The van der Waals surface area contributed by atoms with Gasteiger partial charge in [0.1, 0.15) is 5.57 Å². The number of hydrogen-bond acceptors (Lipinski definition) is 5. The van der Waals surface area contributed by atoms with Crippen LogP contribution < -0.4 is 19.7 Å². The van der Waals surface area contributed by atoms with Gasteiger partial charge in [-0.15, -0.1) is 0 Å². The van der Waals surface area contributed by atoms with Gasteiger partial charge in [0.05, 0.1) is 24.9 Å². The number of nitrogens with zero attached hydrogens (tertiary/aromatic N) is 1. The Balaban J connectivity index is 2.04. The van der Waals surface area contributed by atoms with Crippen molar-refractivity contribution in [3.63, 3.8) is 0 Å². The molecule has 0 aliphatic carbocycles. The van der Waals surface area contributed by atoms with E-state index in [0.717, 1.165) is 4.90 Å². The third kappa shape index (κ3) is 3.67. The highest BCUT2D eigenvalue weighted by Gasteiger charge is 2.36. The van der Waals surface area contributed by atoms with Gasteiger partial charge in [-0.2, -0.15) is 0 Å². The second-order valence-corrected chi connectivity index (χ2v) is 6.52. The number of benzene rings is 2. The van der Waals surface area contributed by atoms with Gasteiger partial charge in [0.25, 0.3) is 11.8 Å². The van der Waals surface area contributed by atoms with Crippen LogP contribution >= 0.6 is 23.2 Å². The summed E-state index contributed by atoms with van der Waals surface area (Å²) in [5.74, 6) is -0.937. The molecule has 1 saturated heterocycles. The zero-order valence-corrected chi connectivity index (χ0v) is 16.3. The lowest BCUT2D eigenvalue weighted by Gasteiger charge is -2.26. The molecule has 0 saturated carbocycles. The van der Waals surface area contributed by atoms with Gasteiger partial charge in [-0.05, 0) is 48.0 Å². The van der Waals surface area contributed by atoms with E-state index in [1.54, 1.807) is 6.07 Å². The number of hydrogen-bond donors (Lipinski definition) is 1. The van der Waals surface area contributed by atoms with Gasteiger partial charge in [-0.1, -0.05) is 23.2 Å². The first-order chi connectivity index (χ1) is 13.3. The number of carbonyl (C=O) groups is 3. The largest absolute Gasteiger partial charge is 0.493 e. The molecule has 1 heterocycles. The molecule has 28 heavy (non-hydrogen) atoms. The molecule has 9 heteroatoms. The van der Waals surface area contributed by atoms with E-state index in [1.165, 1.54) is 50.6 Å². The summed E-state index contributed by atoms with van der Waals surface area (Å²) in [6.45, 7) is 0. The standard InChI is InChI=1S/C19H14Cl2N2O5/c1-27-15-9-10(8-14(21)16(15)28-2)7-13-17(24)22-19(26)23(18(13)25)12-5-3-11(20)4-6-12/h3-9H,1-2H3,(H,22,24,26)/b13-7+. The number of nitrogens with one attached hydrogen (secondary N) is 1. The van der Waals surface area contributed by atoms with Crippen molar-refractivity contribution >= 4 is 52.8 Å². The average molecular weight is 421 g/mol. The van der Waals surface area contributed by atoms with Crippen molar-refractivity contribution in [3.8, 4) is 11.5 Å². The fourth-order valence-corrected chi connectivity index (χ4v) is 3.09. The van der Waals surface area contributed by atoms with Crippen molar-refractivity contribution < 1.29 is 23.9 Å². The summed E-state index contributed by atoms with van der Waals surface area (Å²) in [5, 5.41) is 2.83. The third-order valence-electron chi connectivity index (χ3n) is 3.95. The summed E-state index contributed by atoms with van der Waals surface area (Å²) >= 11 is 12.0. The van der Waals surface area contributed by atoms with Gasteiger partial charge in [-0.3, -0.25) is 14.9 Å². The summed E-state index contributed by atoms with van der Waals surface area (Å²) in [5.41, 5.74) is 0.458. The zero-order chi connectivity index (χ0) is 20.4. The van der Waals surface area contributed by atoms with Gasteiger partial charge in [0, 0.05) is 5.02 Å². The van der Waals surface area contributed by atoms with E-state index < -0.39 is 17.8 Å². The molecule has 0 bridgehead atoms. The number of ether oxygens (including phenoxy) is 2. The Morgan fingerprint density at radius 2 is 1.68 bits per heavy atom. The lowest BCUT2D eigenvalue weighted by atomic mass is 10.1. The van der Waals surface area contributed by atoms with Crippen LogP contribution in [0.4, 0.5) is 10.5 Å². The number of amides is 4. The predicted octanol–water partition coefficient (Wildman–Crippen LogP) is 3.68. The van der Waals surface area contributed by atoms with Crippen LogP contribution in [0.15, 0.2) is 42.0 Å². The topological polar surface area (TPSA) is 84.9 Å². The van der Waals surface area contributed by atoms with Crippen molar-refractivity contribution in [1.82, 2.24) is 5.32 Å². The zero-order valence-electron chi connectivity index (χ0n) is 14.8. The minimum absolute atomic E-state index is 0.238. The van der Waals surface area contributed by atoms with E-state index in [9.17, 15) is 14.4 Å². The molecule has 1 fully saturated rings. The highest BCUT2D eigenvalue weighted by Crippen LogP contribution is 2.37. The van der Waals surface area contributed by atoms with Gasteiger partial charge in [-0.25, -0.2) is 9.69 Å². The van der Waals surface area contributed by atoms with Crippen LogP contribution in [0.1, 0.15) is 5.56 Å². The normalized spacial score (nSPS) is 15.6. The summed E-state index contributed by atoms with van der Waals surface area (Å²) in [4.78, 5) is 38.2. The molecule has 2 aromatic carbocycles. The number of urea groups is 1. The minimum atomic E-state index is -0.847. The quantitative estimate of drug-likeness (QED) is 0.602. The number of anilines is 1. The predicted molar refractivity (Wildman–Crippen MR) is 105 cm³/mol. The molecule has 3 rings (SSSR count). The Hall–Kier alpha value is -3.03. The van der Waals surface area contributed by atoms with Gasteiger partial charge in [0.2, 0.25) is 0 Å². The van der Waals surface area contributed by atoms with Crippen LogP contribution in [0, 0.1) is 0 Å². The Labute approximate surface area is 170 Å². The maximum Gasteiger partial charge on any atom is 0.335 e. The van der Waals surface area contributed by atoms with E-state index >= 15 is 0 Å². The first-order valence-corrected chi connectivity index (χ1v) is 8.70. The van der Waals surface area contributed by atoms with Crippen LogP contribution in [-0.4, -0.2) is 32.1 Å². The smallest absolute Gasteiger partial charge is 0.335 e. The highest BCUT2D eigenvalue weighted by molar-refractivity contribution is 6.39. The maximum absolute atomic E-state index is 12.9. The molecule has 0 unspecified atom stereocenters. The SMILES string of the molecule is COc1cc(/C=C2\C(=O)NC(=O)N(c3ccc(Cl)cc3)C2=O)cc(Cl)c1OC. The monoisotopic (exact) mass is 420 g/mol. The molecular weight excluding hydrogens is 407 g/mol. The number of imide groups is 2. The lowest BCUT2D eigenvalue weighted by Crippen LogP contribution is -2.54. The highest BCUT2D eigenvalue weighted by atomic mass is 35.5. The van der Waals surface area contributed by atoms with E-state index in [4.69, 9.17) is 32.7 Å². The molecule has 2 aromatic rings. The van der Waals surface area contributed by atoms with Crippen molar-refractivity contribution in [1.29, 1.82) is 0 Å². The van der Waals surface area contributed by atoms with Gasteiger partial charge in [0.15, 0.2) is 11.5 Å². The second kappa shape index (κ2) is 7.92. The van der Waals surface area contributed by atoms with Crippen LogP contribution in [0.2, 0.25) is 10.0 Å². The van der Waals surface area contributed by atoms with Crippen LogP contribution in [0.25, 0.3) is 6.08 Å². The van der Waals surface area contributed by atoms with Crippen molar-refractivity contribution in [2.45, 2.75) is 0 Å². The number of methoxy groups -OCH3 is 2. The number of rotatable bonds is 4. The van der Waals surface area contributed by atoms with Crippen LogP contribution in [0.5, 0.6) is 11.5 Å². The molecule has 0 spiro atoms. The molecule has 0 radical (unpaired) electrons. The fraction of sp³-hybridized carbons (Fsp3) is 0.105. The van der Waals surface area contributed by atoms with E-state index in [1.807, 2.05) is 0 Å². The second-order valence-electron chi connectivity index (χ2n) is 5.67. The Morgan fingerprint density at radius 3 is 2.29 bits per heavy atom.